The van der Waals surface area contributed by atoms with Crippen LogP contribution in [0.1, 0.15) is 29.6 Å². The highest BCUT2D eigenvalue weighted by Gasteiger charge is 2.47. The topological polar surface area (TPSA) is 40.6 Å². The molecule has 0 amide bonds. The van der Waals surface area contributed by atoms with Gasteiger partial charge >= 0.3 is 0 Å². The van der Waals surface area contributed by atoms with Gasteiger partial charge in [-0.2, -0.15) is 0 Å². The van der Waals surface area contributed by atoms with Crippen LogP contribution < -0.4 is 9.34 Å². The molecule has 4 nitrogen and oxygen atoms in total. The van der Waals surface area contributed by atoms with Crippen LogP contribution in [0, 0.1) is 6.92 Å². The predicted molar refractivity (Wildman–Crippen MR) is 124 cm³/mol. The maximum atomic E-state index is 15.2. The average Bonchev–Trinajstić information content (AvgIpc) is 2.79. The van der Waals surface area contributed by atoms with Crippen LogP contribution in [0.25, 0.3) is 0 Å². The molecule has 1 heterocycles. The Balaban J connectivity index is 1.90. The first kappa shape index (κ1) is 20.4. The van der Waals surface area contributed by atoms with Crippen LogP contribution in [0.3, 0.4) is 0 Å². The smallest absolute Gasteiger partial charge is 0.270 e. The fourth-order valence-electron chi connectivity index (χ4n) is 4.26. The molecule has 1 saturated heterocycles. The zero-order valence-corrected chi connectivity index (χ0v) is 18.1. The van der Waals surface area contributed by atoms with Crippen molar-refractivity contribution in [3.8, 4) is 0 Å². The van der Waals surface area contributed by atoms with Crippen LogP contribution in [0.15, 0.2) is 84.9 Å². The minimum atomic E-state index is -3.21. The Bertz CT molecular complexity index is 971. The van der Waals surface area contributed by atoms with Gasteiger partial charge in [0.15, 0.2) is 0 Å². The number of aryl methyl sites for hydroxylation is 1. The number of hydrogen-bond acceptors (Lipinski definition) is 2. The lowest BCUT2D eigenvalue weighted by Crippen LogP contribution is -2.41. The molecule has 5 heteroatoms. The monoisotopic (exact) mass is 418 g/mol. The molecule has 1 unspecified atom stereocenters. The standard InChI is InChI=1S/C25H27N2O2P/c1-21-13-15-22(16-14-21)25(17-20-28)30(29)26(23-9-4-2-5-10-23)18-8-19-27(30)24-11-6-3-7-12-24/h2-7,9-16,20,25H,8,17-19H2,1H3. The van der Waals surface area contributed by atoms with E-state index in [1.54, 1.807) is 0 Å². The Kier molecular flexibility index (Phi) is 6.06. The lowest BCUT2D eigenvalue weighted by Gasteiger charge is -2.48. The van der Waals surface area contributed by atoms with Gasteiger partial charge in [-0.25, -0.2) is 0 Å². The Hall–Kier alpha value is -2.84. The zero-order valence-electron chi connectivity index (χ0n) is 17.2. The summed E-state index contributed by atoms with van der Waals surface area (Å²) in [6.07, 6.45) is 2.02. The number of carbonyl (C=O) groups is 1. The van der Waals surface area contributed by atoms with Crippen molar-refractivity contribution < 1.29 is 9.36 Å². The first-order chi connectivity index (χ1) is 14.6. The van der Waals surface area contributed by atoms with Gasteiger partial charge in [-0.15, -0.1) is 0 Å². The summed E-state index contributed by atoms with van der Waals surface area (Å²) in [6, 6.07) is 28.0. The van der Waals surface area contributed by atoms with E-state index in [4.69, 9.17) is 0 Å². The molecule has 30 heavy (non-hydrogen) atoms. The highest BCUT2D eigenvalue weighted by Crippen LogP contribution is 2.68. The number of anilines is 2. The Morgan fingerprint density at radius 1 is 0.833 bits per heavy atom. The minimum Gasteiger partial charge on any atom is -0.306 e. The van der Waals surface area contributed by atoms with E-state index in [0.29, 0.717) is 13.1 Å². The highest BCUT2D eigenvalue weighted by atomic mass is 31.2. The van der Waals surface area contributed by atoms with E-state index in [-0.39, 0.29) is 6.42 Å². The molecule has 4 rings (SSSR count). The number of aldehydes is 1. The summed E-state index contributed by atoms with van der Waals surface area (Å²) in [5.41, 5.74) is 3.55. The van der Waals surface area contributed by atoms with Crippen LogP contribution in [-0.4, -0.2) is 19.4 Å². The van der Waals surface area contributed by atoms with Crippen molar-refractivity contribution in [3.05, 3.63) is 96.1 Å². The van der Waals surface area contributed by atoms with Gasteiger partial charge in [0, 0.05) is 30.9 Å². The maximum Gasteiger partial charge on any atom is 0.270 e. The van der Waals surface area contributed by atoms with Crippen molar-refractivity contribution in [3.63, 3.8) is 0 Å². The van der Waals surface area contributed by atoms with Gasteiger partial charge < -0.3 is 14.1 Å². The second-order valence-corrected chi connectivity index (χ2v) is 10.5. The van der Waals surface area contributed by atoms with Gasteiger partial charge in [-0.1, -0.05) is 66.2 Å². The molecule has 0 spiro atoms. The highest BCUT2D eigenvalue weighted by molar-refractivity contribution is 7.67. The Morgan fingerprint density at radius 3 is 1.80 bits per heavy atom. The SMILES string of the molecule is Cc1ccc(C(CC=O)P2(=O)N(c3ccccc3)CCCN2c2ccccc2)cc1. The van der Waals surface area contributed by atoms with E-state index in [2.05, 4.69) is 9.34 Å². The van der Waals surface area contributed by atoms with E-state index >= 15 is 4.57 Å². The molecule has 1 atom stereocenters. The fraction of sp³-hybridized carbons (Fsp3) is 0.240. The van der Waals surface area contributed by atoms with Crippen molar-refractivity contribution >= 4 is 25.1 Å². The number of hydrogen-bond donors (Lipinski definition) is 0. The van der Waals surface area contributed by atoms with Gasteiger partial charge in [-0.05, 0) is 43.2 Å². The van der Waals surface area contributed by atoms with Crippen molar-refractivity contribution in [2.75, 3.05) is 22.4 Å². The van der Waals surface area contributed by atoms with Crippen molar-refractivity contribution in [2.45, 2.75) is 25.4 Å². The summed E-state index contributed by atoms with van der Waals surface area (Å²) in [4.78, 5) is 11.8. The van der Waals surface area contributed by atoms with Gasteiger partial charge in [-0.3, -0.25) is 4.57 Å². The van der Waals surface area contributed by atoms with E-state index in [9.17, 15) is 4.79 Å². The first-order valence-electron chi connectivity index (χ1n) is 10.4. The third kappa shape index (κ3) is 3.80. The summed E-state index contributed by atoms with van der Waals surface area (Å²) in [5.74, 6) is 0. The molecule has 1 aliphatic heterocycles. The Morgan fingerprint density at radius 2 is 1.33 bits per heavy atom. The van der Waals surface area contributed by atoms with Gasteiger partial charge in [0.25, 0.3) is 7.44 Å². The summed E-state index contributed by atoms with van der Waals surface area (Å²) in [7, 11) is -3.21. The van der Waals surface area contributed by atoms with Gasteiger partial charge in [0.1, 0.15) is 6.29 Å². The predicted octanol–water partition coefficient (Wildman–Crippen LogP) is 6.24. The number of para-hydroxylation sites is 2. The normalized spacial score (nSPS) is 16.8. The molecule has 1 fully saturated rings. The lowest BCUT2D eigenvalue weighted by atomic mass is 10.1. The zero-order chi connectivity index (χ0) is 21.0. The second kappa shape index (κ2) is 8.89. The van der Waals surface area contributed by atoms with Crippen LogP contribution in [0.5, 0.6) is 0 Å². The largest absolute Gasteiger partial charge is 0.306 e. The molecule has 1 aliphatic rings. The van der Waals surface area contributed by atoms with Crippen molar-refractivity contribution in [1.82, 2.24) is 0 Å². The first-order valence-corrected chi connectivity index (χ1v) is 12.1. The molecule has 3 aromatic rings. The minimum absolute atomic E-state index is 0.215. The molecular formula is C25H27N2O2P. The number of rotatable bonds is 6. The summed E-state index contributed by atoms with van der Waals surface area (Å²) in [6.45, 7) is 3.44. The lowest BCUT2D eigenvalue weighted by molar-refractivity contribution is -0.107. The molecule has 0 radical (unpaired) electrons. The van der Waals surface area contributed by atoms with Crippen LogP contribution >= 0.6 is 7.44 Å². The molecule has 0 N–H and O–H groups in total. The number of nitrogens with zero attached hydrogens (tertiary/aromatic N) is 2. The summed E-state index contributed by atoms with van der Waals surface area (Å²) < 4.78 is 19.3. The Labute approximate surface area is 178 Å². The molecule has 0 bridgehead atoms. The van der Waals surface area contributed by atoms with Gasteiger partial charge in [0.05, 0.1) is 5.66 Å². The van der Waals surface area contributed by atoms with E-state index in [0.717, 1.165) is 35.2 Å². The summed E-state index contributed by atoms with van der Waals surface area (Å²) >= 11 is 0. The number of carbonyl (C=O) groups excluding carboxylic acids is 1. The molecule has 0 saturated carbocycles. The quantitative estimate of drug-likeness (QED) is 0.351. The van der Waals surface area contributed by atoms with E-state index in [1.165, 1.54) is 0 Å². The van der Waals surface area contributed by atoms with Crippen LogP contribution in [0.4, 0.5) is 11.4 Å². The third-order valence-corrected chi connectivity index (χ3v) is 9.29. The van der Waals surface area contributed by atoms with Crippen LogP contribution in [0.2, 0.25) is 0 Å². The molecular weight excluding hydrogens is 391 g/mol. The molecule has 0 aliphatic carbocycles. The van der Waals surface area contributed by atoms with Crippen molar-refractivity contribution in [2.24, 2.45) is 0 Å². The molecule has 154 valence electrons. The van der Waals surface area contributed by atoms with Crippen molar-refractivity contribution in [1.29, 1.82) is 0 Å². The average molecular weight is 418 g/mol. The number of benzene rings is 3. The van der Waals surface area contributed by atoms with E-state index < -0.39 is 13.1 Å². The fourth-order valence-corrected chi connectivity index (χ4v) is 7.90. The molecule has 0 aromatic heterocycles. The summed E-state index contributed by atoms with van der Waals surface area (Å²) in [5, 5.41) is 0. The maximum absolute atomic E-state index is 15.2. The van der Waals surface area contributed by atoms with Gasteiger partial charge in [0.2, 0.25) is 0 Å². The molecule has 3 aromatic carbocycles. The van der Waals surface area contributed by atoms with Crippen LogP contribution in [-0.2, 0) is 9.36 Å². The third-order valence-electron chi connectivity index (χ3n) is 5.73. The second-order valence-electron chi connectivity index (χ2n) is 7.69. The van der Waals surface area contributed by atoms with E-state index in [1.807, 2.05) is 91.9 Å².